The highest BCUT2D eigenvalue weighted by Crippen LogP contribution is 2.41. The van der Waals surface area contributed by atoms with Crippen LogP contribution in [-0.4, -0.2) is 38.7 Å². The molecule has 0 bridgehead atoms. The maximum atomic E-state index is 5.05. The van der Waals surface area contributed by atoms with Gasteiger partial charge in [0.2, 0.25) is 11.9 Å². The molecule has 1 N–H and O–H groups in total. The van der Waals surface area contributed by atoms with Crippen molar-refractivity contribution in [3.05, 3.63) is 54.4 Å². The van der Waals surface area contributed by atoms with E-state index in [9.17, 15) is 0 Å². The molecule has 0 saturated heterocycles. The van der Waals surface area contributed by atoms with E-state index in [4.69, 9.17) is 9.98 Å². The van der Waals surface area contributed by atoms with E-state index in [1.165, 1.54) is 24.8 Å². The van der Waals surface area contributed by atoms with Crippen molar-refractivity contribution in [3.63, 3.8) is 0 Å². The molecule has 6 rings (SSSR count). The Labute approximate surface area is 170 Å². The molecule has 1 saturated carbocycles. The predicted octanol–water partition coefficient (Wildman–Crippen LogP) is 3.24. The standard InChI is InChI=1S/C22H25N7/c1-5-11-22(12-6-1)26-20-24-15-27(14-17-8-4-7-13-23-17)16-28(20)21-25-18-9-2-3-10-19(18)29(21)22/h2-4,7-10,13H,1,5-6,11-12,14-16H2,(H,24,26). The summed E-state index contributed by atoms with van der Waals surface area (Å²) < 4.78 is 2.45. The van der Waals surface area contributed by atoms with Crippen LogP contribution in [0.25, 0.3) is 11.0 Å². The van der Waals surface area contributed by atoms with Gasteiger partial charge in [0, 0.05) is 12.7 Å². The molecule has 2 aliphatic heterocycles. The van der Waals surface area contributed by atoms with Crippen molar-refractivity contribution in [1.29, 1.82) is 0 Å². The van der Waals surface area contributed by atoms with Gasteiger partial charge in [-0.2, -0.15) is 0 Å². The highest BCUT2D eigenvalue weighted by atomic mass is 15.6. The molecular formula is C22H25N7. The lowest BCUT2D eigenvalue weighted by Crippen LogP contribution is -2.64. The number of pyridine rings is 1. The summed E-state index contributed by atoms with van der Waals surface area (Å²) in [5.41, 5.74) is 3.21. The van der Waals surface area contributed by atoms with E-state index in [1.807, 2.05) is 18.3 Å². The molecule has 7 nitrogen and oxygen atoms in total. The predicted molar refractivity (Wildman–Crippen MR) is 113 cm³/mol. The van der Waals surface area contributed by atoms with Crippen LogP contribution in [0.5, 0.6) is 0 Å². The fourth-order valence-corrected chi connectivity index (χ4v) is 5.02. The molecule has 1 aliphatic carbocycles. The molecule has 0 atom stereocenters. The summed E-state index contributed by atoms with van der Waals surface area (Å²) in [5.74, 6) is 1.98. The van der Waals surface area contributed by atoms with Gasteiger partial charge in [-0.15, -0.1) is 0 Å². The van der Waals surface area contributed by atoms with Crippen LogP contribution in [0.1, 0.15) is 37.8 Å². The number of nitrogens with one attached hydrogen (secondary N) is 1. The Morgan fingerprint density at radius 1 is 1.00 bits per heavy atom. The SMILES string of the molecule is c1ccc(CN2CN=C3NC4(CCCCC4)n4c(nc5ccccc54)N3C2)nc1. The summed E-state index contributed by atoms with van der Waals surface area (Å²) >= 11 is 0. The molecule has 0 amide bonds. The summed E-state index contributed by atoms with van der Waals surface area (Å²) in [7, 11) is 0. The lowest BCUT2D eigenvalue weighted by atomic mass is 9.88. The van der Waals surface area contributed by atoms with Gasteiger partial charge in [0.1, 0.15) is 5.66 Å². The first-order chi connectivity index (χ1) is 14.3. The van der Waals surface area contributed by atoms with Crippen LogP contribution in [0.4, 0.5) is 5.95 Å². The minimum Gasteiger partial charge on any atom is -0.333 e. The molecule has 0 radical (unpaired) electrons. The summed E-state index contributed by atoms with van der Waals surface area (Å²) in [4.78, 5) is 19.0. The molecule has 1 fully saturated rings. The van der Waals surface area contributed by atoms with Crippen LogP contribution < -0.4 is 10.2 Å². The lowest BCUT2D eigenvalue weighted by Gasteiger charge is -2.49. The van der Waals surface area contributed by atoms with Crippen molar-refractivity contribution < 1.29 is 0 Å². The normalized spacial score (nSPS) is 20.8. The average molecular weight is 387 g/mol. The number of imidazole rings is 1. The van der Waals surface area contributed by atoms with E-state index in [0.29, 0.717) is 6.67 Å². The third-order valence-electron chi connectivity index (χ3n) is 6.37. The molecular weight excluding hydrogens is 362 g/mol. The van der Waals surface area contributed by atoms with E-state index in [-0.39, 0.29) is 5.66 Å². The maximum absolute atomic E-state index is 5.05. The van der Waals surface area contributed by atoms with Crippen LogP contribution in [0.2, 0.25) is 0 Å². The zero-order valence-corrected chi connectivity index (χ0v) is 16.5. The van der Waals surface area contributed by atoms with Crippen LogP contribution in [0.15, 0.2) is 53.7 Å². The van der Waals surface area contributed by atoms with Gasteiger partial charge >= 0.3 is 0 Å². The monoisotopic (exact) mass is 387 g/mol. The summed E-state index contributed by atoms with van der Waals surface area (Å²) in [6.45, 7) is 2.20. The topological polar surface area (TPSA) is 61.6 Å². The zero-order chi connectivity index (χ0) is 19.3. The number of hydrogen-bond acceptors (Lipinski definition) is 6. The van der Waals surface area contributed by atoms with Crippen molar-refractivity contribution in [2.24, 2.45) is 4.99 Å². The Morgan fingerprint density at radius 2 is 1.86 bits per heavy atom. The zero-order valence-electron chi connectivity index (χ0n) is 16.5. The lowest BCUT2D eigenvalue weighted by molar-refractivity contribution is 0.162. The number of aromatic nitrogens is 3. The van der Waals surface area contributed by atoms with Gasteiger partial charge in [0.05, 0.1) is 30.1 Å². The highest BCUT2D eigenvalue weighted by molar-refractivity contribution is 5.99. The van der Waals surface area contributed by atoms with Gasteiger partial charge in [0.25, 0.3) is 0 Å². The van der Waals surface area contributed by atoms with Gasteiger partial charge in [-0.1, -0.05) is 24.6 Å². The largest absolute Gasteiger partial charge is 0.333 e. The van der Waals surface area contributed by atoms with Crippen molar-refractivity contribution in [3.8, 4) is 0 Å². The number of rotatable bonds is 2. The highest BCUT2D eigenvalue weighted by Gasteiger charge is 2.45. The van der Waals surface area contributed by atoms with Crippen molar-refractivity contribution >= 4 is 22.9 Å². The van der Waals surface area contributed by atoms with E-state index in [2.05, 4.69) is 55.0 Å². The smallest absolute Gasteiger partial charge is 0.216 e. The number of nitrogens with zero attached hydrogens (tertiary/aromatic N) is 6. The number of aliphatic imine (C=N–C) groups is 1. The average Bonchev–Trinajstić information content (AvgIpc) is 3.17. The van der Waals surface area contributed by atoms with Gasteiger partial charge in [-0.05, 0) is 49.9 Å². The number of fused-ring (bicyclic) bond motifs is 6. The van der Waals surface area contributed by atoms with Gasteiger partial charge < -0.3 is 5.32 Å². The van der Waals surface area contributed by atoms with Crippen LogP contribution >= 0.6 is 0 Å². The van der Waals surface area contributed by atoms with Crippen molar-refractivity contribution in [1.82, 2.24) is 24.8 Å². The quantitative estimate of drug-likeness (QED) is 0.731. The fraction of sp³-hybridized carbons (Fsp3) is 0.409. The summed E-state index contributed by atoms with van der Waals surface area (Å²) in [6, 6.07) is 14.6. The number of anilines is 1. The van der Waals surface area contributed by atoms with Crippen LogP contribution in [0, 0.1) is 0 Å². The minimum atomic E-state index is -0.109. The Bertz CT molecular complexity index is 1070. The van der Waals surface area contributed by atoms with E-state index in [1.54, 1.807) is 0 Å². The number of para-hydroxylation sites is 2. The Morgan fingerprint density at radius 3 is 2.72 bits per heavy atom. The second-order valence-corrected chi connectivity index (χ2v) is 8.30. The van der Waals surface area contributed by atoms with E-state index >= 15 is 0 Å². The third kappa shape index (κ3) is 2.72. The second kappa shape index (κ2) is 6.56. The van der Waals surface area contributed by atoms with Crippen molar-refractivity contribution in [2.45, 2.75) is 44.3 Å². The Kier molecular flexibility index (Phi) is 3.84. The maximum Gasteiger partial charge on any atom is 0.216 e. The summed E-state index contributed by atoms with van der Waals surface area (Å²) in [5, 5.41) is 3.85. The number of guanidine groups is 1. The molecule has 1 aromatic carbocycles. The molecule has 3 aliphatic rings. The molecule has 29 heavy (non-hydrogen) atoms. The molecule has 148 valence electrons. The molecule has 7 heteroatoms. The summed E-state index contributed by atoms with van der Waals surface area (Å²) in [6.07, 6.45) is 7.86. The first-order valence-electron chi connectivity index (χ1n) is 10.5. The first kappa shape index (κ1) is 17.0. The van der Waals surface area contributed by atoms with Crippen molar-refractivity contribution in [2.75, 3.05) is 18.2 Å². The van der Waals surface area contributed by atoms with Gasteiger partial charge in [0.15, 0.2) is 0 Å². The molecule has 1 spiro atoms. The molecule has 2 aromatic heterocycles. The van der Waals surface area contributed by atoms with E-state index < -0.39 is 0 Å². The Balaban J connectivity index is 1.42. The number of benzene rings is 1. The molecule has 0 unspecified atom stereocenters. The Hall–Kier alpha value is -2.93. The van der Waals surface area contributed by atoms with Crippen LogP contribution in [0.3, 0.4) is 0 Å². The molecule has 4 heterocycles. The minimum absolute atomic E-state index is 0.109. The fourth-order valence-electron chi connectivity index (χ4n) is 5.02. The van der Waals surface area contributed by atoms with Gasteiger partial charge in [-0.3, -0.25) is 19.4 Å². The number of hydrogen-bond donors (Lipinski definition) is 1. The third-order valence-corrected chi connectivity index (χ3v) is 6.37. The first-order valence-corrected chi connectivity index (χ1v) is 10.5. The van der Waals surface area contributed by atoms with E-state index in [0.717, 1.165) is 49.2 Å². The molecule has 3 aromatic rings. The second-order valence-electron chi connectivity index (χ2n) is 8.30. The van der Waals surface area contributed by atoms with Crippen LogP contribution in [-0.2, 0) is 12.2 Å². The van der Waals surface area contributed by atoms with Gasteiger partial charge in [-0.25, -0.2) is 9.98 Å².